The third kappa shape index (κ3) is 4.75. The first-order valence-electron chi connectivity index (χ1n) is 10.6. The van der Waals surface area contributed by atoms with E-state index in [1.54, 1.807) is 0 Å². The van der Waals surface area contributed by atoms with Crippen LogP contribution in [0.15, 0.2) is 30.5 Å². The Morgan fingerprint density at radius 2 is 2.07 bits per heavy atom. The van der Waals surface area contributed by atoms with Gasteiger partial charge in [-0.2, -0.15) is 0 Å². The average Bonchev–Trinajstić information content (AvgIpc) is 2.74. The molecular weight excluding hydrogens is 364 g/mol. The second-order valence-corrected chi connectivity index (χ2v) is 8.12. The molecule has 4 rings (SSSR count). The highest BCUT2D eigenvalue weighted by molar-refractivity contribution is 5.79. The van der Waals surface area contributed by atoms with Crippen LogP contribution in [0, 0.1) is 0 Å². The molecule has 6 nitrogen and oxygen atoms in total. The number of fused-ring (bicyclic) bond motifs is 1. The largest absolute Gasteiger partial charge is 0.494 e. The van der Waals surface area contributed by atoms with Crippen LogP contribution in [-0.2, 0) is 24.2 Å². The van der Waals surface area contributed by atoms with E-state index in [9.17, 15) is 4.79 Å². The van der Waals surface area contributed by atoms with E-state index in [0.29, 0.717) is 25.5 Å². The van der Waals surface area contributed by atoms with E-state index in [-0.39, 0.29) is 5.91 Å². The summed E-state index contributed by atoms with van der Waals surface area (Å²) in [5.41, 5.74) is 3.22. The van der Waals surface area contributed by atoms with Gasteiger partial charge in [-0.1, -0.05) is 12.1 Å². The summed E-state index contributed by atoms with van der Waals surface area (Å²) in [6, 6.07) is 7.79. The summed E-state index contributed by atoms with van der Waals surface area (Å²) >= 11 is 0. The second kappa shape index (κ2) is 8.91. The number of likely N-dealkylation sites (N-methyl/N-ethyl adjacent to an activating group) is 1. The first-order chi connectivity index (χ1) is 14.1. The summed E-state index contributed by atoms with van der Waals surface area (Å²) < 4.78 is 5.47. The highest BCUT2D eigenvalue weighted by Gasteiger charge is 2.25. The van der Waals surface area contributed by atoms with E-state index in [1.165, 1.54) is 6.42 Å². The molecule has 1 aromatic carbocycles. The fourth-order valence-electron chi connectivity index (χ4n) is 4.27. The maximum Gasteiger partial charge on any atom is 0.227 e. The monoisotopic (exact) mass is 394 g/mol. The Hall–Kier alpha value is -2.47. The number of aromatic nitrogens is 2. The molecule has 1 saturated heterocycles. The van der Waals surface area contributed by atoms with E-state index in [2.05, 4.69) is 16.9 Å². The number of rotatable bonds is 5. The number of amides is 1. The van der Waals surface area contributed by atoms with Gasteiger partial charge in [0.25, 0.3) is 0 Å². The second-order valence-electron chi connectivity index (χ2n) is 8.12. The number of carbonyl (C=O) groups excluding carboxylic acids is 1. The van der Waals surface area contributed by atoms with Crippen molar-refractivity contribution in [1.29, 1.82) is 0 Å². The van der Waals surface area contributed by atoms with Crippen LogP contribution < -0.4 is 4.74 Å². The van der Waals surface area contributed by atoms with Crippen molar-refractivity contribution in [1.82, 2.24) is 19.8 Å². The summed E-state index contributed by atoms with van der Waals surface area (Å²) in [4.78, 5) is 26.6. The Kier molecular flexibility index (Phi) is 6.09. The summed E-state index contributed by atoms with van der Waals surface area (Å²) in [7, 11) is 2.17. The number of ether oxygens (including phenoxy) is 1. The fraction of sp³-hybridized carbons (Fsp3) is 0.522. The summed E-state index contributed by atoms with van der Waals surface area (Å²) in [6.07, 6.45) is 5.53. The van der Waals surface area contributed by atoms with Gasteiger partial charge in [0.05, 0.1) is 18.7 Å². The lowest BCUT2D eigenvalue weighted by molar-refractivity contribution is -0.131. The number of benzene rings is 1. The third-order valence-corrected chi connectivity index (χ3v) is 5.88. The van der Waals surface area contributed by atoms with Crippen LogP contribution >= 0.6 is 0 Å². The molecule has 2 aromatic rings. The van der Waals surface area contributed by atoms with Crippen molar-refractivity contribution in [3.05, 3.63) is 53.1 Å². The molecule has 2 aliphatic heterocycles. The normalized spacial score (nSPS) is 19.7. The van der Waals surface area contributed by atoms with Gasteiger partial charge in [-0.3, -0.25) is 4.79 Å². The lowest BCUT2D eigenvalue weighted by Gasteiger charge is -2.31. The zero-order valence-corrected chi connectivity index (χ0v) is 17.4. The molecule has 0 saturated carbocycles. The van der Waals surface area contributed by atoms with Gasteiger partial charge in [0.1, 0.15) is 11.6 Å². The first kappa shape index (κ1) is 19.8. The van der Waals surface area contributed by atoms with Crippen molar-refractivity contribution >= 4 is 5.91 Å². The molecule has 0 unspecified atom stereocenters. The Bertz CT molecular complexity index is 852. The molecule has 6 heteroatoms. The van der Waals surface area contributed by atoms with E-state index >= 15 is 0 Å². The maximum absolute atomic E-state index is 12.8. The molecule has 0 N–H and O–H groups in total. The van der Waals surface area contributed by atoms with Gasteiger partial charge in [-0.05, 0) is 51.1 Å². The van der Waals surface area contributed by atoms with Crippen molar-refractivity contribution in [2.75, 3.05) is 33.3 Å². The number of nitrogens with zero attached hydrogens (tertiary/aromatic N) is 4. The molecule has 1 atom stereocenters. The molecule has 154 valence electrons. The highest BCUT2D eigenvalue weighted by atomic mass is 16.5. The summed E-state index contributed by atoms with van der Waals surface area (Å²) in [5.74, 6) is 2.40. The minimum Gasteiger partial charge on any atom is -0.494 e. The van der Waals surface area contributed by atoms with Gasteiger partial charge in [-0.25, -0.2) is 9.97 Å². The smallest absolute Gasteiger partial charge is 0.227 e. The lowest BCUT2D eigenvalue weighted by atomic mass is 9.97. The van der Waals surface area contributed by atoms with Crippen LogP contribution in [0.4, 0.5) is 0 Å². The van der Waals surface area contributed by atoms with Crippen LogP contribution in [0.5, 0.6) is 5.75 Å². The van der Waals surface area contributed by atoms with E-state index in [0.717, 1.165) is 60.9 Å². The molecule has 1 fully saturated rings. The number of carbonyl (C=O) groups is 1. The van der Waals surface area contributed by atoms with Crippen molar-refractivity contribution in [2.24, 2.45) is 0 Å². The molecule has 1 amide bonds. The number of hydrogen-bond acceptors (Lipinski definition) is 5. The van der Waals surface area contributed by atoms with Gasteiger partial charge < -0.3 is 14.5 Å². The number of hydrogen-bond donors (Lipinski definition) is 0. The predicted octanol–water partition coefficient (Wildman–Crippen LogP) is 2.81. The summed E-state index contributed by atoms with van der Waals surface area (Å²) in [6.45, 7) is 6.14. The molecule has 29 heavy (non-hydrogen) atoms. The fourth-order valence-corrected chi connectivity index (χ4v) is 4.27. The molecule has 0 bridgehead atoms. The molecule has 0 spiro atoms. The predicted molar refractivity (Wildman–Crippen MR) is 112 cm³/mol. The standard InChI is InChI=1S/C23H30N4O2/c1-3-29-20-8-6-17(7-9-20)13-22(28)27-12-10-21-19(16-27)14-24-23(25-21)18-5-4-11-26(2)15-18/h6-9,14,18H,3-5,10-13,15-16H2,1-2H3/t18-/m1/s1. The van der Waals surface area contributed by atoms with Crippen LogP contribution in [0.1, 0.15) is 48.3 Å². The van der Waals surface area contributed by atoms with Gasteiger partial charge >= 0.3 is 0 Å². The lowest BCUT2D eigenvalue weighted by Crippen LogP contribution is -2.38. The Morgan fingerprint density at radius 1 is 1.24 bits per heavy atom. The van der Waals surface area contributed by atoms with Crippen molar-refractivity contribution in [3.8, 4) is 5.75 Å². The number of likely N-dealkylation sites (tertiary alicyclic amines) is 1. The van der Waals surface area contributed by atoms with Gasteiger partial charge in [0, 0.05) is 43.7 Å². The molecule has 0 aliphatic carbocycles. The van der Waals surface area contributed by atoms with Gasteiger partial charge in [0.2, 0.25) is 5.91 Å². The van der Waals surface area contributed by atoms with Gasteiger partial charge in [-0.15, -0.1) is 0 Å². The third-order valence-electron chi connectivity index (χ3n) is 5.88. The van der Waals surface area contributed by atoms with Crippen LogP contribution in [0.2, 0.25) is 0 Å². The minimum atomic E-state index is 0.151. The maximum atomic E-state index is 12.8. The van der Waals surface area contributed by atoms with Crippen LogP contribution in [0.3, 0.4) is 0 Å². The zero-order valence-electron chi connectivity index (χ0n) is 17.4. The topological polar surface area (TPSA) is 58.6 Å². The number of piperidine rings is 1. The van der Waals surface area contributed by atoms with Crippen LogP contribution in [-0.4, -0.2) is 59.0 Å². The Balaban J connectivity index is 1.38. The van der Waals surface area contributed by atoms with Crippen molar-refractivity contribution in [2.45, 2.75) is 45.1 Å². The Labute approximate surface area is 172 Å². The minimum absolute atomic E-state index is 0.151. The SMILES string of the molecule is CCOc1ccc(CC(=O)N2CCc3nc([C@@H]4CCCN(C)C4)ncc3C2)cc1. The van der Waals surface area contributed by atoms with Gasteiger partial charge in [0.15, 0.2) is 0 Å². The highest BCUT2D eigenvalue weighted by Crippen LogP contribution is 2.26. The molecule has 3 heterocycles. The van der Waals surface area contributed by atoms with Crippen LogP contribution in [0.25, 0.3) is 0 Å². The first-order valence-corrected chi connectivity index (χ1v) is 10.6. The Morgan fingerprint density at radius 3 is 2.83 bits per heavy atom. The summed E-state index contributed by atoms with van der Waals surface area (Å²) in [5, 5.41) is 0. The van der Waals surface area contributed by atoms with E-state index < -0.39 is 0 Å². The zero-order chi connectivity index (χ0) is 20.2. The van der Waals surface area contributed by atoms with Crippen molar-refractivity contribution in [3.63, 3.8) is 0 Å². The molecule has 2 aliphatic rings. The molecular formula is C23H30N4O2. The molecule has 1 aromatic heterocycles. The quantitative estimate of drug-likeness (QED) is 0.781. The molecule has 0 radical (unpaired) electrons. The van der Waals surface area contributed by atoms with Crippen molar-refractivity contribution < 1.29 is 9.53 Å². The van der Waals surface area contributed by atoms with E-state index in [1.807, 2.05) is 42.3 Å². The average molecular weight is 395 g/mol. The van der Waals surface area contributed by atoms with E-state index in [4.69, 9.17) is 9.72 Å².